The Hall–Kier alpha value is -3.74. The highest BCUT2D eigenvalue weighted by atomic mass is 15.1. The third kappa shape index (κ3) is 3.92. The number of pyridine rings is 2. The molecule has 0 aliphatic rings. The summed E-state index contributed by atoms with van der Waals surface area (Å²) in [4.78, 5) is 17.4. The standard InChI is InChI=1S/C20H19N7/c1-13-4-7-17(23-10-13)26-18-12-24-19(21)20(27-18)25-11-14-5-6-16-15(9-14)3-2-8-22-16/h2-10,12H,11H2,1H3,(H2,21,24)(H2,23,25,26,27). The summed E-state index contributed by atoms with van der Waals surface area (Å²) in [7, 11) is 0. The number of nitrogens with one attached hydrogen (secondary N) is 2. The highest BCUT2D eigenvalue weighted by Gasteiger charge is 2.06. The smallest absolute Gasteiger partial charge is 0.171 e. The van der Waals surface area contributed by atoms with Crippen molar-refractivity contribution in [1.29, 1.82) is 0 Å². The first kappa shape index (κ1) is 16.7. The molecule has 3 aromatic heterocycles. The molecule has 0 aliphatic heterocycles. The Kier molecular flexibility index (Phi) is 4.49. The Balaban J connectivity index is 1.49. The van der Waals surface area contributed by atoms with Crippen LogP contribution >= 0.6 is 0 Å². The quantitative estimate of drug-likeness (QED) is 0.501. The van der Waals surface area contributed by atoms with Gasteiger partial charge in [0.25, 0.3) is 0 Å². The van der Waals surface area contributed by atoms with Crippen LogP contribution in [0.1, 0.15) is 11.1 Å². The Morgan fingerprint density at radius 2 is 1.89 bits per heavy atom. The minimum absolute atomic E-state index is 0.347. The molecule has 0 radical (unpaired) electrons. The van der Waals surface area contributed by atoms with Crippen LogP contribution in [0.3, 0.4) is 0 Å². The predicted molar refractivity (Wildman–Crippen MR) is 108 cm³/mol. The van der Waals surface area contributed by atoms with E-state index in [0.717, 1.165) is 22.0 Å². The van der Waals surface area contributed by atoms with Gasteiger partial charge in [-0.25, -0.2) is 15.0 Å². The number of anilines is 4. The molecule has 0 atom stereocenters. The summed E-state index contributed by atoms with van der Waals surface area (Å²) in [5, 5.41) is 7.48. The third-order valence-electron chi connectivity index (χ3n) is 4.10. The van der Waals surface area contributed by atoms with Crippen LogP contribution in [0.15, 0.2) is 61.1 Å². The van der Waals surface area contributed by atoms with Crippen LogP contribution in [-0.2, 0) is 6.54 Å². The fourth-order valence-corrected chi connectivity index (χ4v) is 2.68. The number of aromatic nitrogens is 4. The molecule has 3 heterocycles. The van der Waals surface area contributed by atoms with Crippen molar-refractivity contribution in [3.8, 4) is 0 Å². The zero-order valence-corrected chi connectivity index (χ0v) is 14.8. The molecular weight excluding hydrogens is 338 g/mol. The maximum Gasteiger partial charge on any atom is 0.171 e. The molecular formula is C20H19N7. The van der Waals surface area contributed by atoms with Gasteiger partial charge in [0.05, 0.1) is 11.7 Å². The van der Waals surface area contributed by atoms with E-state index in [9.17, 15) is 0 Å². The first-order chi connectivity index (χ1) is 13.2. The zero-order valence-electron chi connectivity index (χ0n) is 14.8. The van der Waals surface area contributed by atoms with Crippen molar-refractivity contribution in [3.05, 3.63) is 72.2 Å². The Labute approximate surface area is 156 Å². The van der Waals surface area contributed by atoms with Crippen molar-refractivity contribution < 1.29 is 0 Å². The molecule has 0 fully saturated rings. The lowest BCUT2D eigenvalue weighted by Gasteiger charge is -2.11. The summed E-state index contributed by atoms with van der Waals surface area (Å²) in [6, 6.07) is 14.0. The molecule has 0 spiro atoms. The largest absolute Gasteiger partial charge is 0.381 e. The van der Waals surface area contributed by atoms with Crippen molar-refractivity contribution in [3.63, 3.8) is 0 Å². The second-order valence-corrected chi connectivity index (χ2v) is 6.22. The van der Waals surface area contributed by atoms with Crippen molar-refractivity contribution in [2.75, 3.05) is 16.4 Å². The van der Waals surface area contributed by atoms with E-state index in [0.29, 0.717) is 29.8 Å². The normalized spacial score (nSPS) is 10.7. The number of nitrogen functional groups attached to an aromatic ring is 1. The van der Waals surface area contributed by atoms with Gasteiger partial charge in [-0.05, 0) is 42.3 Å². The lowest BCUT2D eigenvalue weighted by molar-refractivity contribution is 1.09. The predicted octanol–water partition coefficient (Wildman–Crippen LogP) is 3.67. The zero-order chi connectivity index (χ0) is 18.6. The van der Waals surface area contributed by atoms with Gasteiger partial charge in [-0.2, -0.15) is 0 Å². The van der Waals surface area contributed by atoms with Gasteiger partial charge in [-0.3, -0.25) is 4.98 Å². The van der Waals surface area contributed by atoms with Crippen LogP contribution in [-0.4, -0.2) is 19.9 Å². The summed E-state index contributed by atoms with van der Waals surface area (Å²) in [5.74, 6) is 2.15. The lowest BCUT2D eigenvalue weighted by atomic mass is 10.1. The molecule has 0 bridgehead atoms. The van der Waals surface area contributed by atoms with E-state index in [4.69, 9.17) is 5.73 Å². The number of hydrogen-bond acceptors (Lipinski definition) is 7. The molecule has 1 aromatic carbocycles. The number of fused-ring (bicyclic) bond motifs is 1. The minimum Gasteiger partial charge on any atom is -0.381 e. The molecule has 4 aromatic rings. The van der Waals surface area contributed by atoms with E-state index in [2.05, 4.69) is 36.6 Å². The van der Waals surface area contributed by atoms with Crippen molar-refractivity contribution in [2.24, 2.45) is 0 Å². The molecule has 4 rings (SSSR count). The molecule has 0 saturated heterocycles. The fourth-order valence-electron chi connectivity index (χ4n) is 2.68. The van der Waals surface area contributed by atoms with Crippen molar-refractivity contribution >= 4 is 34.2 Å². The molecule has 27 heavy (non-hydrogen) atoms. The lowest BCUT2D eigenvalue weighted by Crippen LogP contribution is -2.08. The average molecular weight is 357 g/mol. The van der Waals surface area contributed by atoms with Gasteiger partial charge in [-0.15, -0.1) is 0 Å². The molecule has 0 saturated carbocycles. The second-order valence-electron chi connectivity index (χ2n) is 6.22. The van der Waals surface area contributed by atoms with Crippen LogP contribution in [0.4, 0.5) is 23.3 Å². The maximum absolute atomic E-state index is 5.97. The van der Waals surface area contributed by atoms with Gasteiger partial charge < -0.3 is 16.4 Å². The van der Waals surface area contributed by atoms with E-state index in [1.54, 1.807) is 18.6 Å². The maximum atomic E-state index is 5.97. The Morgan fingerprint density at radius 1 is 0.963 bits per heavy atom. The van der Waals surface area contributed by atoms with Crippen LogP contribution in [0.5, 0.6) is 0 Å². The molecule has 0 amide bonds. The van der Waals surface area contributed by atoms with E-state index < -0.39 is 0 Å². The number of benzene rings is 1. The number of hydrogen-bond donors (Lipinski definition) is 3. The van der Waals surface area contributed by atoms with Crippen LogP contribution in [0.2, 0.25) is 0 Å². The summed E-state index contributed by atoms with van der Waals surface area (Å²) in [5.41, 5.74) is 9.14. The average Bonchev–Trinajstić information content (AvgIpc) is 2.70. The second kappa shape index (κ2) is 7.25. The summed E-state index contributed by atoms with van der Waals surface area (Å²) in [6.07, 6.45) is 5.17. The van der Waals surface area contributed by atoms with Crippen molar-refractivity contribution in [2.45, 2.75) is 13.5 Å². The van der Waals surface area contributed by atoms with E-state index in [-0.39, 0.29) is 0 Å². The highest BCUT2D eigenvalue weighted by Crippen LogP contribution is 2.20. The van der Waals surface area contributed by atoms with Crippen LogP contribution < -0.4 is 16.4 Å². The van der Waals surface area contributed by atoms with E-state index in [1.165, 1.54) is 0 Å². The van der Waals surface area contributed by atoms with E-state index >= 15 is 0 Å². The highest BCUT2D eigenvalue weighted by molar-refractivity contribution is 5.79. The molecule has 0 aliphatic carbocycles. The molecule has 7 heteroatoms. The van der Waals surface area contributed by atoms with Gasteiger partial charge in [0.15, 0.2) is 17.5 Å². The Bertz CT molecular complexity index is 1080. The number of aryl methyl sites for hydroxylation is 1. The fraction of sp³-hybridized carbons (Fsp3) is 0.100. The molecule has 4 N–H and O–H groups in total. The van der Waals surface area contributed by atoms with Gasteiger partial charge >= 0.3 is 0 Å². The molecule has 0 unspecified atom stereocenters. The first-order valence-electron chi connectivity index (χ1n) is 8.57. The molecule has 7 nitrogen and oxygen atoms in total. The number of nitrogens with zero attached hydrogens (tertiary/aromatic N) is 4. The first-order valence-corrected chi connectivity index (χ1v) is 8.57. The SMILES string of the molecule is Cc1ccc(Nc2cnc(N)c(NCc3ccc4ncccc4c3)n2)nc1. The van der Waals surface area contributed by atoms with Crippen LogP contribution in [0, 0.1) is 6.92 Å². The minimum atomic E-state index is 0.347. The monoisotopic (exact) mass is 357 g/mol. The number of rotatable bonds is 5. The number of nitrogens with two attached hydrogens (primary N) is 1. The Morgan fingerprint density at radius 3 is 2.74 bits per heavy atom. The van der Waals surface area contributed by atoms with Crippen molar-refractivity contribution in [1.82, 2.24) is 19.9 Å². The van der Waals surface area contributed by atoms with Gasteiger partial charge in [-0.1, -0.05) is 18.2 Å². The summed E-state index contributed by atoms with van der Waals surface area (Å²) in [6.45, 7) is 2.57. The van der Waals surface area contributed by atoms with Gasteiger partial charge in [0.2, 0.25) is 0 Å². The van der Waals surface area contributed by atoms with Gasteiger partial charge in [0.1, 0.15) is 5.82 Å². The third-order valence-corrected chi connectivity index (χ3v) is 4.10. The van der Waals surface area contributed by atoms with E-state index in [1.807, 2.05) is 43.3 Å². The molecule has 134 valence electrons. The van der Waals surface area contributed by atoms with Crippen LogP contribution in [0.25, 0.3) is 10.9 Å². The topological polar surface area (TPSA) is 102 Å². The summed E-state index contributed by atoms with van der Waals surface area (Å²) >= 11 is 0. The van der Waals surface area contributed by atoms with Gasteiger partial charge in [0, 0.05) is 24.3 Å². The summed E-state index contributed by atoms with van der Waals surface area (Å²) < 4.78 is 0.